The van der Waals surface area contributed by atoms with Crippen LogP contribution in [0.4, 0.5) is 0 Å². The first-order chi connectivity index (χ1) is 10.5. The van der Waals surface area contributed by atoms with Crippen LogP contribution in [-0.2, 0) is 22.4 Å². The fourth-order valence-electron chi connectivity index (χ4n) is 2.57. The van der Waals surface area contributed by atoms with Gasteiger partial charge in [0.15, 0.2) is 0 Å². The summed E-state index contributed by atoms with van der Waals surface area (Å²) < 4.78 is 10.6. The Kier molecular flexibility index (Phi) is 5.04. The molecule has 2 N–H and O–H groups in total. The van der Waals surface area contributed by atoms with Crippen LogP contribution < -0.4 is 0 Å². The third-order valence-corrected chi connectivity index (χ3v) is 3.69. The molecule has 2 aromatic rings. The first kappa shape index (κ1) is 15.9. The molecule has 0 atom stereocenters. The highest BCUT2D eigenvalue weighted by molar-refractivity contribution is 5.75. The second-order valence-corrected chi connectivity index (χ2v) is 5.35. The molecular weight excluding hydrogens is 288 g/mol. The van der Waals surface area contributed by atoms with E-state index >= 15 is 0 Å². The van der Waals surface area contributed by atoms with Gasteiger partial charge in [0.1, 0.15) is 11.5 Å². The lowest BCUT2D eigenvalue weighted by atomic mass is 9.75. The van der Waals surface area contributed by atoms with E-state index in [9.17, 15) is 14.7 Å². The molecule has 0 radical (unpaired) electrons. The third kappa shape index (κ3) is 4.00. The third-order valence-electron chi connectivity index (χ3n) is 3.69. The van der Waals surface area contributed by atoms with Gasteiger partial charge in [-0.1, -0.05) is 0 Å². The smallest absolute Gasteiger partial charge is 0.310 e. The number of furan rings is 2. The Labute approximate surface area is 127 Å². The van der Waals surface area contributed by atoms with Crippen molar-refractivity contribution < 1.29 is 28.6 Å². The van der Waals surface area contributed by atoms with E-state index in [-0.39, 0.29) is 32.1 Å². The predicted octanol–water partition coefficient (Wildman–Crippen LogP) is 2.98. The van der Waals surface area contributed by atoms with Crippen LogP contribution in [0.25, 0.3) is 0 Å². The van der Waals surface area contributed by atoms with Gasteiger partial charge in [-0.15, -0.1) is 0 Å². The summed E-state index contributed by atoms with van der Waals surface area (Å²) in [7, 11) is 0. The van der Waals surface area contributed by atoms with Gasteiger partial charge in [0.25, 0.3) is 0 Å². The highest BCUT2D eigenvalue weighted by atomic mass is 16.4. The van der Waals surface area contributed by atoms with Gasteiger partial charge in [-0.2, -0.15) is 0 Å². The van der Waals surface area contributed by atoms with Crippen LogP contribution in [0.5, 0.6) is 0 Å². The van der Waals surface area contributed by atoms with E-state index in [0.29, 0.717) is 11.5 Å². The molecule has 0 fully saturated rings. The van der Waals surface area contributed by atoms with E-state index < -0.39 is 17.4 Å². The number of carboxylic acid groups (broad SMARTS) is 2. The lowest BCUT2D eigenvalue weighted by molar-refractivity contribution is -0.150. The molecule has 0 saturated carbocycles. The van der Waals surface area contributed by atoms with Crippen LogP contribution in [0.3, 0.4) is 0 Å². The monoisotopic (exact) mass is 306 g/mol. The topological polar surface area (TPSA) is 101 Å². The van der Waals surface area contributed by atoms with E-state index in [4.69, 9.17) is 13.9 Å². The van der Waals surface area contributed by atoms with Crippen molar-refractivity contribution in [1.29, 1.82) is 0 Å². The maximum Gasteiger partial charge on any atom is 0.310 e. The molecule has 2 aromatic heterocycles. The van der Waals surface area contributed by atoms with Gasteiger partial charge < -0.3 is 19.0 Å². The summed E-state index contributed by atoms with van der Waals surface area (Å²) in [4.78, 5) is 22.6. The van der Waals surface area contributed by atoms with E-state index in [0.717, 1.165) is 0 Å². The molecule has 0 spiro atoms. The molecule has 2 heterocycles. The zero-order chi connectivity index (χ0) is 16.0. The Balaban J connectivity index is 2.21. The van der Waals surface area contributed by atoms with Gasteiger partial charge >= 0.3 is 11.9 Å². The molecule has 2 rings (SSSR count). The maximum absolute atomic E-state index is 11.9. The first-order valence-corrected chi connectivity index (χ1v) is 7.02. The largest absolute Gasteiger partial charge is 0.481 e. The zero-order valence-corrected chi connectivity index (χ0v) is 12.0. The summed E-state index contributed by atoms with van der Waals surface area (Å²) >= 11 is 0. The summed E-state index contributed by atoms with van der Waals surface area (Å²) in [5.74, 6) is -0.797. The van der Waals surface area contributed by atoms with Crippen molar-refractivity contribution >= 4 is 11.9 Å². The SMILES string of the molecule is O=C(O)CCCC(Cc1ccco1)(Cc1ccco1)C(=O)O. The Morgan fingerprint density at radius 3 is 1.91 bits per heavy atom. The molecule has 0 bridgehead atoms. The molecule has 0 aromatic carbocycles. The molecular formula is C16H18O6. The van der Waals surface area contributed by atoms with Crippen LogP contribution in [0.2, 0.25) is 0 Å². The molecule has 0 aliphatic heterocycles. The normalized spacial score (nSPS) is 11.5. The van der Waals surface area contributed by atoms with Crippen molar-refractivity contribution in [3.05, 3.63) is 48.3 Å². The van der Waals surface area contributed by atoms with Crippen LogP contribution in [0.15, 0.2) is 45.6 Å². The van der Waals surface area contributed by atoms with Crippen molar-refractivity contribution in [2.24, 2.45) is 5.41 Å². The molecule has 6 heteroatoms. The maximum atomic E-state index is 11.9. The fraction of sp³-hybridized carbons (Fsp3) is 0.375. The second-order valence-electron chi connectivity index (χ2n) is 5.35. The average molecular weight is 306 g/mol. The molecule has 0 unspecified atom stereocenters. The molecule has 118 valence electrons. The molecule has 0 aliphatic rings. The quantitative estimate of drug-likeness (QED) is 0.738. The van der Waals surface area contributed by atoms with E-state index in [1.807, 2.05) is 0 Å². The summed E-state index contributed by atoms with van der Waals surface area (Å²) in [5, 5.41) is 18.5. The number of carbonyl (C=O) groups is 2. The van der Waals surface area contributed by atoms with Crippen LogP contribution in [0, 0.1) is 5.41 Å². The fourth-order valence-corrected chi connectivity index (χ4v) is 2.57. The second kappa shape index (κ2) is 6.98. The number of hydrogen-bond acceptors (Lipinski definition) is 4. The van der Waals surface area contributed by atoms with Crippen molar-refractivity contribution in [2.45, 2.75) is 32.1 Å². The minimum Gasteiger partial charge on any atom is -0.481 e. The summed E-state index contributed by atoms with van der Waals surface area (Å²) in [6, 6.07) is 6.84. The van der Waals surface area contributed by atoms with Gasteiger partial charge in [-0.3, -0.25) is 9.59 Å². The predicted molar refractivity (Wildman–Crippen MR) is 76.4 cm³/mol. The number of hydrogen-bond donors (Lipinski definition) is 2. The van der Waals surface area contributed by atoms with Gasteiger partial charge in [-0.25, -0.2) is 0 Å². The average Bonchev–Trinajstić information content (AvgIpc) is 3.11. The van der Waals surface area contributed by atoms with E-state index in [1.165, 1.54) is 12.5 Å². The molecule has 6 nitrogen and oxygen atoms in total. The number of aliphatic carboxylic acids is 2. The molecule has 0 aliphatic carbocycles. The van der Waals surface area contributed by atoms with Crippen molar-refractivity contribution in [2.75, 3.05) is 0 Å². The van der Waals surface area contributed by atoms with Crippen molar-refractivity contribution in [3.8, 4) is 0 Å². The summed E-state index contributed by atoms with van der Waals surface area (Å²) in [5.41, 5.74) is -1.15. The Hall–Kier alpha value is -2.50. The van der Waals surface area contributed by atoms with Gasteiger partial charge in [0.2, 0.25) is 0 Å². The van der Waals surface area contributed by atoms with Crippen LogP contribution in [0.1, 0.15) is 30.8 Å². The van der Waals surface area contributed by atoms with Gasteiger partial charge in [0.05, 0.1) is 17.9 Å². The molecule has 22 heavy (non-hydrogen) atoms. The highest BCUT2D eigenvalue weighted by Gasteiger charge is 2.40. The Bertz CT molecular complexity index is 560. The summed E-state index contributed by atoms with van der Waals surface area (Å²) in [6.45, 7) is 0. The zero-order valence-electron chi connectivity index (χ0n) is 12.0. The molecule has 0 saturated heterocycles. The van der Waals surface area contributed by atoms with E-state index in [1.54, 1.807) is 24.3 Å². The lowest BCUT2D eigenvalue weighted by Gasteiger charge is -2.27. The number of carboxylic acids is 2. The first-order valence-electron chi connectivity index (χ1n) is 7.02. The Morgan fingerprint density at radius 2 is 1.55 bits per heavy atom. The minimum atomic E-state index is -1.15. The standard InChI is InChI=1S/C16H18O6/c17-14(18)6-1-7-16(15(19)20,10-12-4-2-8-21-12)11-13-5-3-9-22-13/h2-5,8-9H,1,6-7,10-11H2,(H,17,18)(H,19,20). The molecule has 0 amide bonds. The summed E-state index contributed by atoms with van der Waals surface area (Å²) in [6.07, 6.45) is 3.81. The lowest BCUT2D eigenvalue weighted by Crippen LogP contribution is -2.36. The van der Waals surface area contributed by atoms with Crippen molar-refractivity contribution in [3.63, 3.8) is 0 Å². The Morgan fingerprint density at radius 1 is 1.00 bits per heavy atom. The van der Waals surface area contributed by atoms with Crippen LogP contribution in [-0.4, -0.2) is 22.2 Å². The van der Waals surface area contributed by atoms with E-state index in [2.05, 4.69) is 0 Å². The van der Waals surface area contributed by atoms with Gasteiger partial charge in [0, 0.05) is 19.3 Å². The van der Waals surface area contributed by atoms with Gasteiger partial charge in [-0.05, 0) is 37.1 Å². The number of rotatable bonds is 9. The van der Waals surface area contributed by atoms with Crippen molar-refractivity contribution in [1.82, 2.24) is 0 Å². The van der Waals surface area contributed by atoms with Crippen LogP contribution >= 0.6 is 0 Å². The highest BCUT2D eigenvalue weighted by Crippen LogP contribution is 2.34. The minimum absolute atomic E-state index is 0.0641.